The summed E-state index contributed by atoms with van der Waals surface area (Å²) in [5.41, 5.74) is 4.68. The highest BCUT2D eigenvalue weighted by Gasteiger charge is 2.15. The molecule has 0 saturated carbocycles. The number of urea groups is 1. The number of carbonyl (C=O) groups excluding carboxylic acids is 1. The van der Waals surface area contributed by atoms with Gasteiger partial charge in [0.15, 0.2) is 0 Å². The van der Waals surface area contributed by atoms with E-state index >= 15 is 0 Å². The number of nitrogens with one attached hydrogen (secondary N) is 1. The Morgan fingerprint density at radius 1 is 1.64 bits per heavy atom. The molecule has 0 aromatic carbocycles. The zero-order chi connectivity index (χ0) is 8.91. The molecular formula is C7H16N2O2. The van der Waals surface area contributed by atoms with Crippen molar-refractivity contribution in [2.75, 3.05) is 13.7 Å². The molecule has 0 radical (unpaired) electrons. The molecule has 0 fully saturated rings. The smallest absolute Gasteiger partial charge is 0.312 e. The maximum atomic E-state index is 10.2. The van der Waals surface area contributed by atoms with E-state index in [-0.39, 0.29) is 5.60 Å². The second-order valence-electron chi connectivity index (χ2n) is 3.00. The van der Waals surface area contributed by atoms with E-state index < -0.39 is 6.03 Å². The first kappa shape index (κ1) is 10.2. The van der Waals surface area contributed by atoms with Crippen LogP contribution in [0.15, 0.2) is 0 Å². The van der Waals surface area contributed by atoms with Crippen molar-refractivity contribution in [2.24, 2.45) is 5.73 Å². The summed E-state index contributed by atoms with van der Waals surface area (Å²) in [7, 11) is 1.64. The van der Waals surface area contributed by atoms with Gasteiger partial charge in [-0.15, -0.1) is 0 Å². The molecule has 4 nitrogen and oxygen atoms in total. The fourth-order valence-electron chi connectivity index (χ4n) is 0.589. The molecule has 0 aliphatic heterocycles. The molecule has 0 saturated heterocycles. The normalized spacial score (nSPS) is 11.2. The molecule has 0 aliphatic rings. The zero-order valence-corrected chi connectivity index (χ0v) is 7.31. The molecule has 0 aliphatic carbocycles. The summed E-state index contributed by atoms with van der Waals surface area (Å²) in [6.07, 6.45) is 0.756. The monoisotopic (exact) mass is 160 g/mol. The largest absolute Gasteiger partial charge is 0.379 e. The molecular weight excluding hydrogens is 144 g/mol. The Bertz CT molecular complexity index is 134. The molecule has 0 aromatic rings. The van der Waals surface area contributed by atoms with Crippen LogP contribution >= 0.6 is 0 Å². The summed E-state index contributed by atoms with van der Waals surface area (Å²) < 4.78 is 5.13. The minimum Gasteiger partial charge on any atom is -0.379 e. The summed E-state index contributed by atoms with van der Waals surface area (Å²) in [6.45, 7) is 4.46. The van der Waals surface area contributed by atoms with Crippen LogP contribution in [0.3, 0.4) is 0 Å². The Morgan fingerprint density at radius 3 is 2.55 bits per heavy atom. The number of methoxy groups -OCH3 is 1. The maximum Gasteiger partial charge on any atom is 0.312 e. The molecule has 11 heavy (non-hydrogen) atoms. The molecule has 0 rings (SSSR count). The van der Waals surface area contributed by atoms with Crippen LogP contribution < -0.4 is 11.1 Å². The third-order valence-corrected chi connectivity index (χ3v) is 1.58. The van der Waals surface area contributed by atoms with E-state index in [1.54, 1.807) is 7.11 Å². The van der Waals surface area contributed by atoms with Gasteiger partial charge in [-0.2, -0.15) is 0 Å². The lowest BCUT2D eigenvalue weighted by atomic mass is 10.1. The first-order valence-electron chi connectivity index (χ1n) is 3.56. The fourth-order valence-corrected chi connectivity index (χ4v) is 0.589. The van der Waals surface area contributed by atoms with E-state index in [0.717, 1.165) is 6.42 Å². The first-order chi connectivity index (χ1) is 4.98. The molecule has 0 atom stereocenters. The molecule has 0 heterocycles. The highest BCUT2D eigenvalue weighted by Crippen LogP contribution is 2.10. The van der Waals surface area contributed by atoms with Gasteiger partial charge in [0, 0.05) is 13.7 Å². The number of nitrogens with two attached hydrogens (primary N) is 1. The molecule has 2 amide bonds. The lowest BCUT2D eigenvalue weighted by Gasteiger charge is -2.22. The molecule has 0 aromatic heterocycles. The van der Waals surface area contributed by atoms with Gasteiger partial charge in [-0.05, 0) is 20.3 Å². The van der Waals surface area contributed by atoms with Crippen molar-refractivity contribution in [3.05, 3.63) is 0 Å². The molecule has 0 unspecified atom stereocenters. The van der Waals surface area contributed by atoms with Crippen molar-refractivity contribution < 1.29 is 9.53 Å². The third kappa shape index (κ3) is 5.66. The predicted molar refractivity (Wildman–Crippen MR) is 43.3 cm³/mol. The van der Waals surface area contributed by atoms with Crippen LogP contribution in [0.5, 0.6) is 0 Å². The highest BCUT2D eigenvalue weighted by molar-refractivity contribution is 5.71. The number of hydrogen-bond donors (Lipinski definition) is 2. The zero-order valence-electron chi connectivity index (χ0n) is 7.31. The van der Waals surface area contributed by atoms with Crippen LogP contribution in [0, 0.1) is 0 Å². The van der Waals surface area contributed by atoms with Gasteiger partial charge in [0.1, 0.15) is 0 Å². The maximum absolute atomic E-state index is 10.2. The fraction of sp³-hybridized carbons (Fsp3) is 0.857. The number of rotatable bonds is 4. The van der Waals surface area contributed by atoms with Gasteiger partial charge >= 0.3 is 6.03 Å². The molecule has 0 spiro atoms. The van der Waals surface area contributed by atoms with Crippen molar-refractivity contribution in [2.45, 2.75) is 25.9 Å². The van der Waals surface area contributed by atoms with E-state index in [1.165, 1.54) is 0 Å². The Balaban J connectivity index is 3.45. The van der Waals surface area contributed by atoms with E-state index in [9.17, 15) is 4.79 Å². The molecule has 4 heteroatoms. The SMILES string of the molecule is COC(C)(C)CCNC(N)=O. The van der Waals surface area contributed by atoms with Crippen molar-refractivity contribution >= 4 is 6.03 Å². The number of ether oxygens (including phenoxy) is 1. The Hall–Kier alpha value is -0.770. The minimum absolute atomic E-state index is 0.192. The number of primary amides is 1. The van der Waals surface area contributed by atoms with Crippen LogP contribution in [0.2, 0.25) is 0 Å². The average molecular weight is 160 g/mol. The Morgan fingerprint density at radius 2 is 2.18 bits per heavy atom. The Labute approximate surface area is 67.1 Å². The van der Waals surface area contributed by atoms with Gasteiger partial charge in [0.2, 0.25) is 0 Å². The predicted octanol–water partition coefficient (Wildman–Crippen LogP) is 0.470. The van der Waals surface area contributed by atoms with Gasteiger partial charge in [-0.3, -0.25) is 0 Å². The summed E-state index contributed by atoms with van der Waals surface area (Å²) in [6, 6.07) is -0.489. The number of carbonyl (C=O) groups is 1. The van der Waals surface area contributed by atoms with Gasteiger partial charge in [0.05, 0.1) is 5.60 Å². The summed E-state index contributed by atoms with van der Waals surface area (Å²) in [5.74, 6) is 0. The first-order valence-corrected chi connectivity index (χ1v) is 3.56. The van der Waals surface area contributed by atoms with E-state index in [2.05, 4.69) is 5.32 Å². The topological polar surface area (TPSA) is 64.3 Å². The minimum atomic E-state index is -0.489. The van der Waals surface area contributed by atoms with Crippen molar-refractivity contribution in [1.29, 1.82) is 0 Å². The second kappa shape index (κ2) is 4.18. The third-order valence-electron chi connectivity index (χ3n) is 1.58. The standard InChI is InChI=1S/C7H16N2O2/c1-7(2,11-3)4-5-9-6(8)10/h4-5H2,1-3H3,(H3,8,9,10). The van der Waals surface area contributed by atoms with Gasteiger partial charge in [-0.1, -0.05) is 0 Å². The summed E-state index contributed by atoms with van der Waals surface area (Å²) >= 11 is 0. The highest BCUT2D eigenvalue weighted by atomic mass is 16.5. The van der Waals surface area contributed by atoms with Crippen LogP contribution in [0.1, 0.15) is 20.3 Å². The Kier molecular flexibility index (Phi) is 3.89. The van der Waals surface area contributed by atoms with Crippen LogP contribution in [0.25, 0.3) is 0 Å². The van der Waals surface area contributed by atoms with Crippen molar-refractivity contribution in [3.63, 3.8) is 0 Å². The summed E-state index contributed by atoms with van der Waals surface area (Å²) in [5, 5.41) is 2.49. The van der Waals surface area contributed by atoms with E-state index in [4.69, 9.17) is 10.5 Å². The summed E-state index contributed by atoms with van der Waals surface area (Å²) in [4.78, 5) is 10.2. The van der Waals surface area contributed by atoms with Crippen LogP contribution in [0.4, 0.5) is 4.79 Å². The van der Waals surface area contributed by atoms with Crippen molar-refractivity contribution in [3.8, 4) is 0 Å². The molecule has 66 valence electrons. The molecule has 3 N–H and O–H groups in total. The number of hydrogen-bond acceptors (Lipinski definition) is 2. The molecule has 0 bridgehead atoms. The lowest BCUT2D eigenvalue weighted by molar-refractivity contribution is 0.0165. The van der Waals surface area contributed by atoms with E-state index in [0.29, 0.717) is 6.54 Å². The van der Waals surface area contributed by atoms with Crippen LogP contribution in [-0.2, 0) is 4.74 Å². The average Bonchev–Trinajstić information content (AvgIpc) is 1.87. The second-order valence-corrected chi connectivity index (χ2v) is 3.00. The lowest BCUT2D eigenvalue weighted by Crippen LogP contribution is -2.34. The van der Waals surface area contributed by atoms with Gasteiger partial charge in [0.25, 0.3) is 0 Å². The van der Waals surface area contributed by atoms with E-state index in [1.807, 2.05) is 13.8 Å². The number of amides is 2. The van der Waals surface area contributed by atoms with Crippen LogP contribution in [-0.4, -0.2) is 25.3 Å². The van der Waals surface area contributed by atoms with Gasteiger partial charge < -0.3 is 15.8 Å². The quantitative estimate of drug-likeness (QED) is 0.628. The van der Waals surface area contributed by atoms with Crippen molar-refractivity contribution in [1.82, 2.24) is 5.32 Å². The van der Waals surface area contributed by atoms with Gasteiger partial charge in [-0.25, -0.2) is 4.79 Å².